The quantitative estimate of drug-likeness (QED) is 0.250. The summed E-state index contributed by atoms with van der Waals surface area (Å²) in [4.78, 5) is 3.75. The van der Waals surface area contributed by atoms with Gasteiger partial charge in [0.25, 0.3) is 10.0 Å². The summed E-state index contributed by atoms with van der Waals surface area (Å²) in [6, 6.07) is 13.2. The number of hydrogen-bond acceptors (Lipinski definition) is 6. The van der Waals surface area contributed by atoms with E-state index in [-0.39, 0.29) is 45.3 Å². The molecular formula is C25H25F3N4O3S. The molecule has 0 radical (unpaired) electrons. The van der Waals surface area contributed by atoms with Crippen LogP contribution in [0.1, 0.15) is 50.1 Å². The summed E-state index contributed by atoms with van der Waals surface area (Å²) in [5, 5.41) is 15.3. The van der Waals surface area contributed by atoms with E-state index in [1.54, 1.807) is 25.1 Å². The maximum absolute atomic E-state index is 13.9. The average Bonchev–Trinajstić information content (AvgIpc) is 2.98. The number of oxime groups is 1. The van der Waals surface area contributed by atoms with Crippen LogP contribution >= 0.6 is 0 Å². The molecule has 4 rings (SSSR count). The number of benzene rings is 2. The molecule has 36 heavy (non-hydrogen) atoms. The monoisotopic (exact) mass is 518 g/mol. The van der Waals surface area contributed by atoms with Crippen molar-refractivity contribution in [2.24, 2.45) is 5.16 Å². The highest BCUT2D eigenvalue weighted by atomic mass is 32.2. The van der Waals surface area contributed by atoms with E-state index in [1.165, 1.54) is 30.3 Å². The van der Waals surface area contributed by atoms with Crippen molar-refractivity contribution in [3.05, 3.63) is 77.0 Å². The van der Waals surface area contributed by atoms with Gasteiger partial charge in [-0.05, 0) is 48.2 Å². The van der Waals surface area contributed by atoms with Crippen molar-refractivity contribution in [1.29, 1.82) is 0 Å². The van der Waals surface area contributed by atoms with Crippen molar-refractivity contribution in [2.75, 3.05) is 9.62 Å². The van der Waals surface area contributed by atoms with Gasteiger partial charge in [-0.1, -0.05) is 50.2 Å². The first-order valence-electron chi connectivity index (χ1n) is 11.0. The zero-order chi connectivity index (χ0) is 26.5. The fourth-order valence-corrected chi connectivity index (χ4v) is 5.30. The van der Waals surface area contributed by atoms with Gasteiger partial charge in [0.2, 0.25) is 0 Å². The Kier molecular flexibility index (Phi) is 6.24. The minimum atomic E-state index is -4.66. The minimum Gasteiger partial charge on any atom is -0.411 e. The van der Waals surface area contributed by atoms with Gasteiger partial charge in [-0.25, -0.2) is 13.4 Å². The Balaban J connectivity index is 1.89. The maximum atomic E-state index is 13.9. The number of alkyl halides is 3. The fraction of sp³-hybridized carbons (Fsp3) is 0.280. The molecule has 2 heterocycles. The van der Waals surface area contributed by atoms with E-state index >= 15 is 0 Å². The van der Waals surface area contributed by atoms with Gasteiger partial charge in [0.1, 0.15) is 11.5 Å². The maximum Gasteiger partial charge on any atom is 0.433 e. The van der Waals surface area contributed by atoms with Crippen LogP contribution in [0.5, 0.6) is 0 Å². The molecule has 2 aromatic carbocycles. The van der Waals surface area contributed by atoms with Crippen molar-refractivity contribution < 1.29 is 26.8 Å². The van der Waals surface area contributed by atoms with E-state index in [2.05, 4.69) is 15.5 Å². The SMILES string of the molecule is C/C(=N\O)c1ccc2c(c1)N(S(=O)(=O)c1ccc(C(C)(C)C)cc1)Cc1ccc(C(F)(F)F)nc1N2. The number of anilines is 3. The average molecular weight is 519 g/mol. The van der Waals surface area contributed by atoms with Crippen molar-refractivity contribution in [1.82, 2.24) is 4.98 Å². The number of sulfonamides is 1. The predicted octanol–water partition coefficient (Wildman–Crippen LogP) is 6.05. The zero-order valence-corrected chi connectivity index (χ0v) is 20.9. The van der Waals surface area contributed by atoms with Gasteiger partial charge in [0.05, 0.1) is 28.5 Å². The number of pyridine rings is 1. The molecule has 190 valence electrons. The summed E-state index contributed by atoms with van der Waals surface area (Å²) in [7, 11) is -4.15. The van der Waals surface area contributed by atoms with Crippen LogP contribution in [0.3, 0.4) is 0 Å². The molecule has 0 atom stereocenters. The second-order valence-corrected chi connectivity index (χ2v) is 11.4. The lowest BCUT2D eigenvalue weighted by atomic mass is 9.87. The molecule has 0 aliphatic carbocycles. The molecule has 0 unspecified atom stereocenters. The largest absolute Gasteiger partial charge is 0.433 e. The number of halogens is 3. The number of nitrogens with one attached hydrogen (secondary N) is 1. The van der Waals surface area contributed by atoms with Crippen LogP contribution < -0.4 is 9.62 Å². The number of fused-ring (bicyclic) bond motifs is 2. The van der Waals surface area contributed by atoms with Crippen LogP contribution in [0.4, 0.5) is 30.4 Å². The lowest BCUT2D eigenvalue weighted by Crippen LogP contribution is -2.30. The number of rotatable bonds is 3. The molecule has 3 aromatic rings. The van der Waals surface area contributed by atoms with Gasteiger partial charge in [0.15, 0.2) is 0 Å². The fourth-order valence-electron chi connectivity index (χ4n) is 3.84. The first-order valence-corrected chi connectivity index (χ1v) is 12.5. The second kappa shape index (κ2) is 8.81. The third-order valence-corrected chi connectivity index (χ3v) is 7.75. The lowest BCUT2D eigenvalue weighted by Gasteiger charge is -2.25. The van der Waals surface area contributed by atoms with Crippen LogP contribution in [0.25, 0.3) is 0 Å². The van der Waals surface area contributed by atoms with Crippen molar-refractivity contribution >= 4 is 32.9 Å². The van der Waals surface area contributed by atoms with Gasteiger partial charge in [-0.3, -0.25) is 4.31 Å². The number of nitrogens with zero attached hydrogens (tertiary/aromatic N) is 3. The van der Waals surface area contributed by atoms with E-state index < -0.39 is 21.9 Å². The van der Waals surface area contributed by atoms with E-state index in [4.69, 9.17) is 0 Å². The Morgan fingerprint density at radius 2 is 1.72 bits per heavy atom. The topological polar surface area (TPSA) is 94.9 Å². The third kappa shape index (κ3) is 4.75. The molecule has 0 amide bonds. The first kappa shape index (κ1) is 25.5. The number of hydrogen-bond donors (Lipinski definition) is 2. The van der Waals surface area contributed by atoms with Gasteiger partial charge in [-0.15, -0.1) is 0 Å². The Morgan fingerprint density at radius 3 is 2.31 bits per heavy atom. The Bertz CT molecular complexity index is 1440. The van der Waals surface area contributed by atoms with Gasteiger partial charge in [0, 0.05) is 11.1 Å². The summed E-state index contributed by atoms with van der Waals surface area (Å²) in [6.45, 7) is 7.32. The van der Waals surface area contributed by atoms with Crippen molar-refractivity contribution in [2.45, 2.75) is 50.7 Å². The summed E-state index contributed by atoms with van der Waals surface area (Å²) in [5.41, 5.74) is 1.04. The molecule has 0 spiro atoms. The van der Waals surface area contributed by atoms with Crippen LogP contribution in [-0.2, 0) is 28.2 Å². The zero-order valence-electron chi connectivity index (χ0n) is 20.1. The van der Waals surface area contributed by atoms with Crippen molar-refractivity contribution in [3.8, 4) is 0 Å². The molecule has 1 aromatic heterocycles. The van der Waals surface area contributed by atoms with Crippen LogP contribution in [0.15, 0.2) is 64.6 Å². The molecule has 1 aliphatic heterocycles. The van der Waals surface area contributed by atoms with Gasteiger partial charge in [-0.2, -0.15) is 13.2 Å². The molecule has 11 heteroatoms. The van der Waals surface area contributed by atoms with E-state index in [9.17, 15) is 26.8 Å². The normalized spacial score (nSPS) is 14.5. The molecule has 0 saturated heterocycles. The van der Waals surface area contributed by atoms with E-state index in [0.29, 0.717) is 5.56 Å². The van der Waals surface area contributed by atoms with Crippen LogP contribution in [-0.4, -0.2) is 24.3 Å². The summed E-state index contributed by atoms with van der Waals surface area (Å²) >= 11 is 0. The third-order valence-electron chi connectivity index (χ3n) is 5.98. The Hall–Kier alpha value is -3.60. The highest BCUT2D eigenvalue weighted by Gasteiger charge is 2.35. The Morgan fingerprint density at radius 1 is 1.06 bits per heavy atom. The smallest absolute Gasteiger partial charge is 0.411 e. The lowest BCUT2D eigenvalue weighted by molar-refractivity contribution is -0.141. The standard InChI is InChI=1S/C25H25F3N4O3S/c1-15(31-33)16-5-11-20-21(13-16)32(14-17-6-12-22(25(26,27)28)30-23(17)29-20)36(34,35)19-9-7-18(8-10-19)24(2,3)4/h5-13,33H,14H2,1-4H3,(H,29,30)/b31-15+. The molecule has 2 N–H and O–H groups in total. The Labute approximate surface area is 207 Å². The molecular weight excluding hydrogens is 493 g/mol. The second-order valence-electron chi connectivity index (χ2n) is 9.53. The highest BCUT2D eigenvalue weighted by molar-refractivity contribution is 7.92. The van der Waals surface area contributed by atoms with Crippen LogP contribution in [0, 0.1) is 0 Å². The summed E-state index contributed by atoms with van der Waals surface area (Å²) in [5.74, 6) is -0.0906. The summed E-state index contributed by atoms with van der Waals surface area (Å²) < 4.78 is 68.8. The highest BCUT2D eigenvalue weighted by Crippen LogP contribution is 2.40. The van der Waals surface area contributed by atoms with Crippen molar-refractivity contribution in [3.63, 3.8) is 0 Å². The molecule has 0 bridgehead atoms. The molecule has 1 aliphatic rings. The minimum absolute atomic E-state index is 0.0303. The summed E-state index contributed by atoms with van der Waals surface area (Å²) in [6.07, 6.45) is -4.66. The van der Waals surface area contributed by atoms with Crippen LogP contribution in [0.2, 0.25) is 0 Å². The molecule has 0 fully saturated rings. The predicted molar refractivity (Wildman–Crippen MR) is 131 cm³/mol. The van der Waals surface area contributed by atoms with E-state index in [0.717, 1.165) is 15.9 Å². The molecule has 0 saturated carbocycles. The number of aromatic nitrogens is 1. The first-order chi connectivity index (χ1) is 16.7. The van der Waals surface area contributed by atoms with Gasteiger partial charge >= 0.3 is 6.18 Å². The van der Waals surface area contributed by atoms with Gasteiger partial charge < -0.3 is 10.5 Å². The molecule has 7 nitrogen and oxygen atoms in total. The van der Waals surface area contributed by atoms with E-state index in [1.807, 2.05) is 20.8 Å².